The van der Waals surface area contributed by atoms with Gasteiger partial charge in [0.15, 0.2) is 11.5 Å². The lowest BCUT2D eigenvalue weighted by Gasteiger charge is -2.16. The Morgan fingerprint density at radius 1 is 0.759 bits per heavy atom. The molecule has 4 aromatic rings. The van der Waals surface area contributed by atoms with Gasteiger partial charge in [-0.25, -0.2) is 0 Å². The van der Waals surface area contributed by atoms with Crippen LogP contribution in [0.2, 0.25) is 0 Å². The van der Waals surface area contributed by atoms with Crippen LogP contribution in [0.25, 0.3) is 10.8 Å². The van der Waals surface area contributed by atoms with Crippen LogP contribution < -0.4 is 14.2 Å². The first-order chi connectivity index (χ1) is 14.3. The fourth-order valence-corrected chi connectivity index (χ4v) is 3.48. The van der Waals surface area contributed by atoms with Crippen molar-refractivity contribution >= 4 is 10.8 Å². The Morgan fingerprint density at radius 2 is 1.52 bits per heavy atom. The average Bonchev–Trinajstić information content (AvgIpc) is 2.78. The Kier molecular flexibility index (Phi) is 5.61. The minimum absolute atomic E-state index is 0.458. The van der Waals surface area contributed by atoms with E-state index in [-0.39, 0.29) is 0 Å². The number of ether oxygens (including phenoxy) is 3. The maximum absolute atomic E-state index is 6.27. The van der Waals surface area contributed by atoms with Crippen LogP contribution in [0.15, 0.2) is 79.0 Å². The van der Waals surface area contributed by atoms with Gasteiger partial charge in [-0.15, -0.1) is 0 Å². The highest BCUT2D eigenvalue weighted by Crippen LogP contribution is 2.38. The van der Waals surface area contributed by atoms with E-state index >= 15 is 0 Å². The molecular weight excluding hydrogens is 362 g/mol. The predicted molar refractivity (Wildman–Crippen MR) is 115 cm³/mol. The smallest absolute Gasteiger partial charge is 0.171 e. The molecule has 4 rings (SSSR count). The average molecular weight is 385 g/mol. The SMILES string of the molecule is COc1ccccc1Cc1nccc2ccc(OC)c(OCc3ccccc3)c12. The number of aromatic nitrogens is 1. The first-order valence-corrected chi connectivity index (χ1v) is 9.53. The fraction of sp³-hybridized carbons (Fsp3) is 0.160. The molecule has 0 saturated heterocycles. The van der Waals surface area contributed by atoms with Crippen LogP contribution >= 0.6 is 0 Å². The van der Waals surface area contributed by atoms with Crippen LogP contribution in [0, 0.1) is 0 Å². The molecule has 0 aliphatic carbocycles. The molecule has 4 nitrogen and oxygen atoms in total. The molecule has 0 aliphatic rings. The van der Waals surface area contributed by atoms with Gasteiger partial charge in [0, 0.05) is 23.6 Å². The Hall–Kier alpha value is -3.53. The van der Waals surface area contributed by atoms with E-state index in [9.17, 15) is 0 Å². The number of fused-ring (bicyclic) bond motifs is 1. The molecule has 0 saturated carbocycles. The number of benzene rings is 3. The molecule has 146 valence electrons. The minimum Gasteiger partial charge on any atom is -0.496 e. The van der Waals surface area contributed by atoms with Crippen molar-refractivity contribution in [3.8, 4) is 17.2 Å². The third-order valence-corrected chi connectivity index (χ3v) is 4.92. The van der Waals surface area contributed by atoms with Crippen molar-refractivity contribution in [2.75, 3.05) is 14.2 Å². The summed E-state index contributed by atoms with van der Waals surface area (Å²) in [5, 5.41) is 2.03. The molecule has 0 atom stereocenters. The topological polar surface area (TPSA) is 40.6 Å². The van der Waals surface area contributed by atoms with Crippen molar-refractivity contribution in [2.45, 2.75) is 13.0 Å². The van der Waals surface area contributed by atoms with Crippen LogP contribution in [0.3, 0.4) is 0 Å². The van der Waals surface area contributed by atoms with Crippen LogP contribution in [0.5, 0.6) is 17.2 Å². The summed E-state index contributed by atoms with van der Waals surface area (Å²) in [4.78, 5) is 4.68. The fourth-order valence-electron chi connectivity index (χ4n) is 3.48. The van der Waals surface area contributed by atoms with Crippen molar-refractivity contribution in [3.63, 3.8) is 0 Å². The predicted octanol–water partition coefficient (Wildman–Crippen LogP) is 5.42. The highest BCUT2D eigenvalue weighted by atomic mass is 16.5. The number of pyridine rings is 1. The summed E-state index contributed by atoms with van der Waals surface area (Å²) in [6.45, 7) is 0.458. The molecule has 1 heterocycles. The number of hydrogen-bond acceptors (Lipinski definition) is 4. The molecule has 0 bridgehead atoms. The minimum atomic E-state index is 0.458. The lowest BCUT2D eigenvalue weighted by molar-refractivity contribution is 0.288. The van der Waals surface area contributed by atoms with Crippen LogP contribution in [-0.2, 0) is 13.0 Å². The van der Waals surface area contributed by atoms with Gasteiger partial charge >= 0.3 is 0 Å². The lowest BCUT2D eigenvalue weighted by atomic mass is 10.0. The summed E-state index contributed by atoms with van der Waals surface area (Å²) in [6.07, 6.45) is 2.47. The molecule has 0 spiro atoms. The van der Waals surface area contributed by atoms with Gasteiger partial charge in [0.25, 0.3) is 0 Å². The van der Waals surface area contributed by atoms with Gasteiger partial charge in [0.05, 0.1) is 19.9 Å². The van der Waals surface area contributed by atoms with Crippen molar-refractivity contribution in [3.05, 3.63) is 95.8 Å². The molecular formula is C25H23NO3. The summed E-state index contributed by atoms with van der Waals surface area (Å²) in [6, 6.07) is 24.1. The Morgan fingerprint density at radius 3 is 2.31 bits per heavy atom. The molecule has 4 heteroatoms. The summed E-state index contributed by atoms with van der Waals surface area (Å²) in [5.74, 6) is 2.26. The molecule has 3 aromatic carbocycles. The zero-order valence-electron chi connectivity index (χ0n) is 16.6. The maximum atomic E-state index is 6.27. The van der Waals surface area contributed by atoms with E-state index < -0.39 is 0 Å². The van der Waals surface area contributed by atoms with E-state index in [2.05, 4.69) is 11.1 Å². The van der Waals surface area contributed by atoms with E-state index in [0.717, 1.165) is 33.3 Å². The van der Waals surface area contributed by atoms with Crippen molar-refractivity contribution < 1.29 is 14.2 Å². The standard InChI is InChI=1S/C25H23NO3/c1-27-22-11-7-6-10-20(22)16-21-24-19(14-15-26-21)12-13-23(28-2)25(24)29-17-18-8-4-3-5-9-18/h3-15H,16-17H2,1-2H3. The third kappa shape index (κ3) is 4.02. The van der Waals surface area contributed by atoms with E-state index in [4.69, 9.17) is 14.2 Å². The van der Waals surface area contributed by atoms with Gasteiger partial charge in [-0.2, -0.15) is 0 Å². The largest absolute Gasteiger partial charge is 0.496 e. The quantitative estimate of drug-likeness (QED) is 0.426. The second-order valence-corrected chi connectivity index (χ2v) is 6.72. The van der Waals surface area contributed by atoms with Crippen molar-refractivity contribution in [2.24, 2.45) is 0 Å². The molecule has 29 heavy (non-hydrogen) atoms. The van der Waals surface area contributed by atoms with Crippen molar-refractivity contribution in [1.29, 1.82) is 0 Å². The monoisotopic (exact) mass is 385 g/mol. The number of nitrogens with zero attached hydrogens (tertiary/aromatic N) is 1. The first-order valence-electron chi connectivity index (χ1n) is 9.53. The highest BCUT2D eigenvalue weighted by molar-refractivity contribution is 5.92. The van der Waals surface area contributed by atoms with E-state index in [0.29, 0.717) is 24.5 Å². The Labute approximate surface area is 170 Å². The number of hydrogen-bond donors (Lipinski definition) is 0. The Balaban J connectivity index is 1.78. The summed E-state index contributed by atoms with van der Waals surface area (Å²) in [7, 11) is 3.35. The van der Waals surface area contributed by atoms with Crippen molar-refractivity contribution in [1.82, 2.24) is 4.98 Å². The normalized spacial score (nSPS) is 10.7. The molecule has 0 aliphatic heterocycles. The second-order valence-electron chi connectivity index (χ2n) is 6.72. The van der Waals surface area contributed by atoms with Crippen LogP contribution in [-0.4, -0.2) is 19.2 Å². The van der Waals surface area contributed by atoms with Gasteiger partial charge in [0.1, 0.15) is 12.4 Å². The molecule has 0 unspecified atom stereocenters. The molecule has 1 aromatic heterocycles. The number of methoxy groups -OCH3 is 2. The maximum Gasteiger partial charge on any atom is 0.171 e. The van der Waals surface area contributed by atoms with Crippen LogP contribution in [0.4, 0.5) is 0 Å². The highest BCUT2D eigenvalue weighted by Gasteiger charge is 2.16. The third-order valence-electron chi connectivity index (χ3n) is 4.92. The zero-order valence-corrected chi connectivity index (χ0v) is 16.6. The first kappa shape index (κ1) is 18.8. The molecule has 0 radical (unpaired) electrons. The van der Waals surface area contributed by atoms with E-state index in [1.54, 1.807) is 14.2 Å². The summed E-state index contributed by atoms with van der Waals surface area (Å²) >= 11 is 0. The zero-order chi connectivity index (χ0) is 20.1. The molecule has 0 fully saturated rings. The second kappa shape index (κ2) is 8.65. The lowest BCUT2D eigenvalue weighted by Crippen LogP contribution is -2.02. The number of para-hydroxylation sites is 1. The number of rotatable bonds is 7. The summed E-state index contributed by atoms with van der Waals surface area (Å²) < 4.78 is 17.4. The van der Waals surface area contributed by atoms with Gasteiger partial charge in [-0.1, -0.05) is 54.6 Å². The van der Waals surface area contributed by atoms with Gasteiger partial charge < -0.3 is 14.2 Å². The van der Waals surface area contributed by atoms with Crippen LogP contribution in [0.1, 0.15) is 16.8 Å². The summed E-state index contributed by atoms with van der Waals surface area (Å²) in [5.41, 5.74) is 3.10. The molecule has 0 N–H and O–H groups in total. The Bertz CT molecular complexity index is 1110. The van der Waals surface area contributed by atoms with E-state index in [1.165, 1.54) is 0 Å². The van der Waals surface area contributed by atoms with E-state index in [1.807, 2.05) is 72.9 Å². The van der Waals surface area contributed by atoms with Gasteiger partial charge in [-0.05, 0) is 29.1 Å². The van der Waals surface area contributed by atoms with Gasteiger partial charge in [-0.3, -0.25) is 4.98 Å². The molecule has 0 amide bonds. The van der Waals surface area contributed by atoms with Gasteiger partial charge in [0.2, 0.25) is 0 Å².